The van der Waals surface area contributed by atoms with E-state index in [0.717, 1.165) is 12.1 Å². The lowest BCUT2D eigenvalue weighted by Gasteiger charge is -2.15. The molecule has 1 aromatic carbocycles. The number of amides is 2. The summed E-state index contributed by atoms with van der Waals surface area (Å²) >= 11 is 0. The first-order chi connectivity index (χ1) is 10.6. The highest BCUT2D eigenvalue weighted by Crippen LogP contribution is 2.32. The van der Waals surface area contributed by atoms with E-state index < -0.39 is 23.6 Å². The van der Waals surface area contributed by atoms with Gasteiger partial charge in [0.05, 0.1) is 5.56 Å². The van der Waals surface area contributed by atoms with Crippen molar-refractivity contribution in [3.05, 3.63) is 29.3 Å². The van der Waals surface area contributed by atoms with Gasteiger partial charge in [0, 0.05) is 30.8 Å². The number of carbonyl (C=O) groups excluding carboxylic acids is 2. The second-order valence-electron chi connectivity index (χ2n) is 5.15. The second-order valence-corrected chi connectivity index (χ2v) is 5.15. The Kier molecular flexibility index (Phi) is 6.56. The summed E-state index contributed by atoms with van der Waals surface area (Å²) < 4.78 is 38.7. The topological polar surface area (TPSA) is 70.2 Å². The van der Waals surface area contributed by atoms with Crippen LogP contribution in [0.2, 0.25) is 0 Å². The minimum Gasteiger partial charge on any atom is -0.350 e. The summed E-state index contributed by atoms with van der Waals surface area (Å²) in [6, 6.07) is 2.76. The molecule has 0 fully saturated rings. The molecule has 2 amide bonds. The van der Waals surface area contributed by atoms with Crippen LogP contribution in [0.1, 0.15) is 36.7 Å². The van der Waals surface area contributed by atoms with Gasteiger partial charge in [-0.3, -0.25) is 9.59 Å². The van der Waals surface area contributed by atoms with Gasteiger partial charge in [0.25, 0.3) is 5.91 Å². The van der Waals surface area contributed by atoms with Gasteiger partial charge in [-0.1, -0.05) is 6.92 Å². The van der Waals surface area contributed by atoms with Crippen LogP contribution < -0.4 is 16.0 Å². The Morgan fingerprint density at radius 1 is 1.22 bits per heavy atom. The molecule has 23 heavy (non-hydrogen) atoms. The largest absolute Gasteiger partial charge is 0.416 e. The molecule has 0 aliphatic rings. The quantitative estimate of drug-likeness (QED) is 0.750. The minimum atomic E-state index is -4.61. The van der Waals surface area contributed by atoms with Crippen LogP contribution in [-0.4, -0.2) is 30.9 Å². The molecule has 0 aliphatic heterocycles. The number of hydrogen-bond acceptors (Lipinski definition) is 3. The SMILES string of the molecule is CCN[C@H](C)CNC(=O)c1cc(NC(C)=O)cc(C(F)(F)F)c1. The standard InChI is InChI=1S/C15H20F3N3O2/c1-4-19-9(2)8-20-14(23)11-5-12(15(16,17)18)7-13(6-11)21-10(3)22/h5-7,9,19H,4,8H2,1-3H3,(H,20,23)(H,21,22)/t9-/m1/s1. The van der Waals surface area contributed by atoms with Gasteiger partial charge in [0.15, 0.2) is 0 Å². The molecular formula is C15H20F3N3O2. The molecule has 1 rings (SSSR count). The number of nitrogens with one attached hydrogen (secondary N) is 3. The van der Waals surface area contributed by atoms with Crippen LogP contribution in [-0.2, 0) is 11.0 Å². The average molecular weight is 331 g/mol. The van der Waals surface area contributed by atoms with Gasteiger partial charge < -0.3 is 16.0 Å². The molecule has 5 nitrogen and oxygen atoms in total. The molecule has 0 aliphatic carbocycles. The molecule has 0 radical (unpaired) electrons. The van der Waals surface area contributed by atoms with E-state index in [9.17, 15) is 22.8 Å². The highest BCUT2D eigenvalue weighted by Gasteiger charge is 2.32. The molecule has 8 heteroatoms. The predicted octanol–water partition coefficient (Wildman–Crippen LogP) is 2.39. The fourth-order valence-electron chi connectivity index (χ4n) is 1.97. The summed E-state index contributed by atoms with van der Waals surface area (Å²) in [7, 11) is 0. The van der Waals surface area contributed by atoms with E-state index in [1.807, 2.05) is 13.8 Å². The van der Waals surface area contributed by atoms with E-state index in [4.69, 9.17) is 0 Å². The first-order valence-electron chi connectivity index (χ1n) is 7.15. The Bertz CT molecular complexity index is 574. The van der Waals surface area contributed by atoms with Crippen molar-refractivity contribution in [2.45, 2.75) is 33.0 Å². The van der Waals surface area contributed by atoms with E-state index in [0.29, 0.717) is 6.54 Å². The molecule has 1 atom stereocenters. The Balaban J connectivity index is 2.99. The van der Waals surface area contributed by atoms with E-state index in [1.54, 1.807) is 0 Å². The Labute approximate surface area is 132 Å². The lowest BCUT2D eigenvalue weighted by molar-refractivity contribution is -0.137. The minimum absolute atomic E-state index is 0.00966. The van der Waals surface area contributed by atoms with Crippen molar-refractivity contribution in [1.82, 2.24) is 10.6 Å². The highest BCUT2D eigenvalue weighted by molar-refractivity contribution is 5.97. The maximum absolute atomic E-state index is 12.9. The molecule has 0 unspecified atom stereocenters. The fourth-order valence-corrected chi connectivity index (χ4v) is 1.97. The van der Waals surface area contributed by atoms with E-state index in [2.05, 4.69) is 16.0 Å². The lowest BCUT2D eigenvalue weighted by Crippen LogP contribution is -2.38. The number of anilines is 1. The van der Waals surface area contributed by atoms with Crippen molar-refractivity contribution in [2.24, 2.45) is 0 Å². The highest BCUT2D eigenvalue weighted by atomic mass is 19.4. The number of carbonyl (C=O) groups is 2. The third-order valence-electron chi connectivity index (χ3n) is 2.96. The molecular weight excluding hydrogens is 311 g/mol. The van der Waals surface area contributed by atoms with Crippen molar-refractivity contribution >= 4 is 17.5 Å². The van der Waals surface area contributed by atoms with Crippen molar-refractivity contribution in [2.75, 3.05) is 18.4 Å². The van der Waals surface area contributed by atoms with Crippen LogP contribution in [0.4, 0.5) is 18.9 Å². The third kappa shape index (κ3) is 6.27. The summed E-state index contributed by atoms with van der Waals surface area (Å²) in [5, 5.41) is 7.90. The average Bonchev–Trinajstić information content (AvgIpc) is 2.43. The second kappa shape index (κ2) is 7.96. The van der Waals surface area contributed by atoms with E-state index >= 15 is 0 Å². The number of rotatable bonds is 6. The smallest absolute Gasteiger partial charge is 0.350 e. The van der Waals surface area contributed by atoms with Gasteiger partial charge in [-0.05, 0) is 31.7 Å². The maximum Gasteiger partial charge on any atom is 0.416 e. The first-order valence-corrected chi connectivity index (χ1v) is 7.15. The van der Waals surface area contributed by atoms with Crippen molar-refractivity contribution in [3.63, 3.8) is 0 Å². The maximum atomic E-state index is 12.9. The zero-order valence-corrected chi connectivity index (χ0v) is 13.2. The van der Waals surface area contributed by atoms with Gasteiger partial charge in [-0.25, -0.2) is 0 Å². The summed E-state index contributed by atoms with van der Waals surface area (Å²) in [4.78, 5) is 23.1. The molecule has 0 bridgehead atoms. The number of likely N-dealkylation sites (N-methyl/N-ethyl adjacent to an activating group) is 1. The first kappa shape index (κ1) is 19.0. The van der Waals surface area contributed by atoms with Crippen LogP contribution in [0.25, 0.3) is 0 Å². The number of benzene rings is 1. The normalized spacial score (nSPS) is 12.6. The summed E-state index contributed by atoms with van der Waals surface area (Å²) in [5.74, 6) is -1.15. The molecule has 0 aromatic heterocycles. The molecule has 0 saturated carbocycles. The van der Waals surface area contributed by atoms with Gasteiger partial charge >= 0.3 is 6.18 Å². The molecule has 3 N–H and O–H groups in total. The van der Waals surface area contributed by atoms with Gasteiger partial charge in [-0.15, -0.1) is 0 Å². The van der Waals surface area contributed by atoms with Gasteiger partial charge in [-0.2, -0.15) is 13.2 Å². The monoisotopic (exact) mass is 331 g/mol. The zero-order chi connectivity index (χ0) is 17.6. The van der Waals surface area contributed by atoms with Crippen LogP contribution >= 0.6 is 0 Å². The molecule has 0 saturated heterocycles. The predicted molar refractivity (Wildman–Crippen MR) is 81.2 cm³/mol. The van der Waals surface area contributed by atoms with Crippen molar-refractivity contribution in [1.29, 1.82) is 0 Å². The summed E-state index contributed by atoms with van der Waals surface area (Å²) in [5.41, 5.74) is -1.22. The van der Waals surface area contributed by atoms with E-state index in [-0.39, 0.29) is 23.8 Å². The fraction of sp³-hybridized carbons (Fsp3) is 0.467. The number of halogens is 3. The number of hydrogen-bond donors (Lipinski definition) is 3. The van der Waals surface area contributed by atoms with Crippen LogP contribution in [0.3, 0.4) is 0 Å². The lowest BCUT2D eigenvalue weighted by atomic mass is 10.1. The van der Waals surface area contributed by atoms with Crippen LogP contribution in [0.15, 0.2) is 18.2 Å². The third-order valence-corrected chi connectivity index (χ3v) is 2.96. The molecule has 128 valence electrons. The Hall–Kier alpha value is -2.09. The zero-order valence-electron chi connectivity index (χ0n) is 13.2. The summed E-state index contributed by atoms with van der Waals surface area (Å²) in [6.45, 7) is 5.92. The summed E-state index contributed by atoms with van der Waals surface area (Å²) in [6.07, 6.45) is -4.61. The Morgan fingerprint density at radius 2 is 1.87 bits per heavy atom. The van der Waals surface area contributed by atoms with Crippen LogP contribution in [0.5, 0.6) is 0 Å². The van der Waals surface area contributed by atoms with E-state index in [1.165, 1.54) is 13.0 Å². The number of alkyl halides is 3. The van der Waals surface area contributed by atoms with Crippen molar-refractivity contribution in [3.8, 4) is 0 Å². The van der Waals surface area contributed by atoms with Crippen molar-refractivity contribution < 1.29 is 22.8 Å². The Morgan fingerprint density at radius 3 is 2.39 bits per heavy atom. The van der Waals surface area contributed by atoms with Gasteiger partial charge in [0.1, 0.15) is 0 Å². The van der Waals surface area contributed by atoms with Gasteiger partial charge in [0.2, 0.25) is 5.91 Å². The van der Waals surface area contributed by atoms with Crippen LogP contribution in [0, 0.1) is 0 Å². The molecule has 1 aromatic rings. The molecule has 0 spiro atoms. The molecule has 0 heterocycles.